The lowest BCUT2D eigenvalue weighted by Crippen LogP contribution is -2.22. The minimum Gasteiger partial charge on any atom is -0.432 e. The Morgan fingerprint density at radius 1 is 0.857 bits per heavy atom. The lowest BCUT2D eigenvalue weighted by atomic mass is 9.76. The van der Waals surface area contributed by atoms with E-state index in [2.05, 4.69) is 11.7 Å². The van der Waals surface area contributed by atoms with Gasteiger partial charge < -0.3 is 4.74 Å². The maximum absolute atomic E-state index is 14.9. The molecule has 1 nitrogen and oxygen atoms in total. The molecule has 0 unspecified atom stereocenters. The first-order valence-electron chi connectivity index (χ1n) is 13.5. The summed E-state index contributed by atoms with van der Waals surface area (Å²) in [6.07, 6.45) is 11.7. The van der Waals surface area contributed by atoms with Crippen LogP contribution in [0, 0.1) is 23.5 Å². The summed E-state index contributed by atoms with van der Waals surface area (Å²) in [6.45, 7) is -0.775. The summed E-state index contributed by atoms with van der Waals surface area (Å²) in [5, 5.41) is 0. The largest absolute Gasteiger partial charge is 0.432 e. The molecule has 0 aromatic heterocycles. The second kappa shape index (κ2) is 12.4. The maximum Gasteiger partial charge on any atom is 0.387 e. The Kier molecular flexibility index (Phi) is 9.32. The van der Waals surface area contributed by atoms with Crippen molar-refractivity contribution in [3.8, 4) is 16.9 Å². The third-order valence-electron chi connectivity index (χ3n) is 8.42. The van der Waals surface area contributed by atoms with Gasteiger partial charge in [0.15, 0.2) is 11.6 Å². The van der Waals surface area contributed by atoms with E-state index in [0.717, 1.165) is 42.4 Å². The molecule has 2 fully saturated rings. The molecule has 0 atom stereocenters. The molecule has 2 aromatic carbocycles. The number of hydrogen-bond donors (Lipinski definition) is 0. The quantitative estimate of drug-likeness (QED) is 0.243. The van der Waals surface area contributed by atoms with Crippen molar-refractivity contribution in [2.45, 2.75) is 95.4 Å². The van der Waals surface area contributed by atoms with E-state index in [9.17, 15) is 17.6 Å². The smallest absolute Gasteiger partial charge is 0.387 e. The van der Waals surface area contributed by atoms with Gasteiger partial charge in [-0.3, -0.25) is 0 Å². The van der Waals surface area contributed by atoms with E-state index in [4.69, 9.17) is 0 Å². The van der Waals surface area contributed by atoms with Crippen molar-refractivity contribution in [1.82, 2.24) is 0 Å². The van der Waals surface area contributed by atoms with Crippen LogP contribution >= 0.6 is 0 Å². The third-order valence-corrected chi connectivity index (χ3v) is 12.1. The monoisotopic (exact) mass is 506 g/mol. The van der Waals surface area contributed by atoms with Crippen LogP contribution in [-0.4, -0.2) is 15.4 Å². The maximum atomic E-state index is 14.9. The fraction of sp³-hybridized carbons (Fsp3) is 0.586. The van der Waals surface area contributed by atoms with Crippen LogP contribution in [0.1, 0.15) is 76.2 Å². The van der Waals surface area contributed by atoms with Gasteiger partial charge in [0.1, 0.15) is 5.82 Å². The van der Waals surface area contributed by atoms with Crippen molar-refractivity contribution in [3.63, 3.8) is 0 Å². The molecule has 0 bridgehead atoms. The van der Waals surface area contributed by atoms with Crippen LogP contribution in [0.2, 0.25) is 18.1 Å². The number of benzene rings is 2. The summed E-state index contributed by atoms with van der Waals surface area (Å²) in [5.74, 6) is 0.246. The lowest BCUT2D eigenvalue weighted by Gasteiger charge is -2.32. The van der Waals surface area contributed by atoms with Crippen molar-refractivity contribution in [1.29, 1.82) is 0 Å². The molecule has 0 amide bonds. The van der Waals surface area contributed by atoms with E-state index in [0.29, 0.717) is 11.5 Å². The van der Waals surface area contributed by atoms with E-state index >= 15 is 0 Å². The van der Waals surface area contributed by atoms with Crippen LogP contribution in [0.5, 0.6) is 5.75 Å². The molecule has 1 heterocycles. The average molecular weight is 507 g/mol. The molecule has 6 heteroatoms. The second-order valence-electron chi connectivity index (χ2n) is 10.7. The van der Waals surface area contributed by atoms with Crippen LogP contribution < -0.4 is 4.74 Å². The molecule has 2 aromatic rings. The van der Waals surface area contributed by atoms with Crippen molar-refractivity contribution in [2.24, 2.45) is 11.8 Å². The topological polar surface area (TPSA) is 9.23 Å². The van der Waals surface area contributed by atoms with Crippen molar-refractivity contribution in [3.05, 3.63) is 53.6 Å². The summed E-state index contributed by atoms with van der Waals surface area (Å²) in [7, 11) is -0.388. The highest BCUT2D eigenvalue weighted by Crippen LogP contribution is 2.40. The summed E-state index contributed by atoms with van der Waals surface area (Å²) < 4.78 is 57.9. The van der Waals surface area contributed by atoms with E-state index in [1.807, 2.05) is 6.07 Å². The molecule has 2 aliphatic rings. The Morgan fingerprint density at radius 2 is 1.54 bits per heavy atom. The van der Waals surface area contributed by atoms with Gasteiger partial charge in [0.2, 0.25) is 0 Å². The highest BCUT2D eigenvalue weighted by Gasteiger charge is 2.26. The SMILES string of the molecule is CCC[SiH]1CCC(CCC2CCC(c3ccc(-c4ccc(OC(F)F)c(F)c4)c(F)c3)CC2)CC1. The summed E-state index contributed by atoms with van der Waals surface area (Å²) in [5.41, 5.74) is 1.58. The number of halogens is 4. The van der Waals surface area contributed by atoms with Gasteiger partial charge in [-0.05, 0) is 72.8 Å². The fourth-order valence-corrected chi connectivity index (χ4v) is 9.92. The molecule has 1 aliphatic carbocycles. The van der Waals surface area contributed by atoms with Gasteiger partial charge in [0.05, 0.1) is 0 Å². The van der Waals surface area contributed by atoms with Crippen molar-refractivity contribution in [2.75, 3.05) is 0 Å². The lowest BCUT2D eigenvalue weighted by molar-refractivity contribution is -0.0521. The molecule has 1 aliphatic heterocycles. The van der Waals surface area contributed by atoms with Gasteiger partial charge >= 0.3 is 6.61 Å². The van der Waals surface area contributed by atoms with Crippen LogP contribution in [0.15, 0.2) is 36.4 Å². The molecule has 1 saturated heterocycles. The van der Waals surface area contributed by atoms with Crippen molar-refractivity contribution >= 4 is 8.80 Å². The van der Waals surface area contributed by atoms with Crippen LogP contribution in [0.4, 0.5) is 17.6 Å². The first kappa shape index (κ1) is 26.2. The zero-order valence-corrected chi connectivity index (χ0v) is 21.9. The molecule has 192 valence electrons. The predicted octanol–water partition coefficient (Wildman–Crippen LogP) is 9.33. The molecular formula is C29H38F4OSi. The van der Waals surface area contributed by atoms with Gasteiger partial charge in [-0.2, -0.15) is 8.78 Å². The summed E-state index contributed by atoms with van der Waals surface area (Å²) in [4.78, 5) is 0. The van der Waals surface area contributed by atoms with Crippen LogP contribution in [0.3, 0.4) is 0 Å². The van der Waals surface area contributed by atoms with Crippen LogP contribution in [0.25, 0.3) is 11.1 Å². The number of alkyl halides is 2. The van der Waals surface area contributed by atoms with Gasteiger partial charge in [-0.1, -0.05) is 75.4 Å². The molecule has 0 spiro atoms. The standard InChI is InChI=1S/C29H38F4OSi/c1-2-15-35-16-13-21(14-17-35)4-3-20-5-7-22(8-6-20)23-9-11-25(26(30)18-23)24-10-12-28(27(31)19-24)34-29(32)33/h9-12,18-22,29,35H,2-8,13-17H2,1H3. The Hall–Kier alpha value is -1.82. The molecule has 0 radical (unpaired) electrons. The predicted molar refractivity (Wildman–Crippen MR) is 137 cm³/mol. The van der Waals surface area contributed by atoms with E-state index in [1.54, 1.807) is 24.2 Å². The second-order valence-corrected chi connectivity index (χ2v) is 14.2. The van der Waals surface area contributed by atoms with Gasteiger partial charge in [-0.15, -0.1) is 0 Å². The minimum atomic E-state index is -3.10. The highest BCUT2D eigenvalue weighted by molar-refractivity contribution is 6.58. The molecular weight excluding hydrogens is 468 g/mol. The minimum absolute atomic E-state index is 0.265. The van der Waals surface area contributed by atoms with E-state index < -0.39 is 24.0 Å². The first-order chi connectivity index (χ1) is 16.9. The zero-order valence-electron chi connectivity index (χ0n) is 20.8. The zero-order chi connectivity index (χ0) is 24.8. The summed E-state index contributed by atoms with van der Waals surface area (Å²) >= 11 is 0. The highest BCUT2D eigenvalue weighted by atomic mass is 28.3. The van der Waals surface area contributed by atoms with Gasteiger partial charge in [0.25, 0.3) is 0 Å². The van der Waals surface area contributed by atoms with Gasteiger partial charge in [-0.25, -0.2) is 8.78 Å². The number of rotatable bonds is 9. The van der Waals surface area contributed by atoms with E-state index in [1.165, 1.54) is 57.1 Å². The van der Waals surface area contributed by atoms with Gasteiger partial charge in [0, 0.05) is 14.4 Å². The average Bonchev–Trinajstić information content (AvgIpc) is 2.85. The molecule has 4 rings (SSSR count). The first-order valence-corrected chi connectivity index (χ1v) is 15.9. The third kappa shape index (κ3) is 7.11. The Bertz CT molecular complexity index is 950. The normalized spacial score (nSPS) is 25.1. The number of hydrogen-bond acceptors (Lipinski definition) is 1. The fourth-order valence-electron chi connectivity index (χ4n) is 6.35. The van der Waals surface area contributed by atoms with Crippen molar-refractivity contribution < 1.29 is 22.3 Å². The molecule has 1 saturated carbocycles. The molecule has 35 heavy (non-hydrogen) atoms. The Balaban J connectivity index is 1.27. The van der Waals surface area contributed by atoms with E-state index in [-0.39, 0.29) is 14.4 Å². The Morgan fingerprint density at radius 3 is 2.14 bits per heavy atom. The van der Waals surface area contributed by atoms with Crippen LogP contribution in [-0.2, 0) is 0 Å². The molecule has 0 N–H and O–H groups in total. The Labute approximate surface area is 208 Å². The summed E-state index contributed by atoms with van der Waals surface area (Å²) in [6, 6.07) is 13.4. The number of ether oxygens (including phenoxy) is 1.